The Labute approximate surface area is 120 Å². The zero-order valence-electron chi connectivity index (χ0n) is 10.5. The van der Waals surface area contributed by atoms with Crippen LogP contribution in [0.25, 0.3) is 5.65 Å². The van der Waals surface area contributed by atoms with Gasteiger partial charge in [0.1, 0.15) is 5.75 Å². The standard InChI is InChI=1S/C15H13BrN2O/c1-19-13-5-2-4-11(9-13)8-12-10-18-7-3-6-14(16)15(18)17-12/h2-7,9-10H,8H2,1H3. The minimum Gasteiger partial charge on any atom is -0.497 e. The molecule has 1 aromatic carbocycles. The van der Waals surface area contributed by atoms with Gasteiger partial charge < -0.3 is 9.14 Å². The van der Waals surface area contributed by atoms with E-state index >= 15 is 0 Å². The summed E-state index contributed by atoms with van der Waals surface area (Å²) in [6.45, 7) is 0. The van der Waals surface area contributed by atoms with Crippen LogP contribution in [-0.2, 0) is 6.42 Å². The highest BCUT2D eigenvalue weighted by atomic mass is 79.9. The van der Waals surface area contributed by atoms with Crippen molar-refractivity contribution in [3.8, 4) is 5.75 Å². The average molecular weight is 317 g/mol. The van der Waals surface area contributed by atoms with Gasteiger partial charge in [0.25, 0.3) is 0 Å². The molecule has 0 aliphatic carbocycles. The van der Waals surface area contributed by atoms with E-state index in [1.54, 1.807) is 7.11 Å². The summed E-state index contributed by atoms with van der Waals surface area (Å²) in [6, 6.07) is 12.1. The van der Waals surface area contributed by atoms with E-state index in [-0.39, 0.29) is 0 Å². The second-order valence-corrected chi connectivity index (χ2v) is 5.20. The van der Waals surface area contributed by atoms with Gasteiger partial charge in [-0.15, -0.1) is 0 Å². The molecule has 2 heterocycles. The third-order valence-electron chi connectivity index (χ3n) is 3.00. The van der Waals surface area contributed by atoms with Gasteiger partial charge in [-0.3, -0.25) is 0 Å². The van der Waals surface area contributed by atoms with Crippen molar-refractivity contribution in [2.45, 2.75) is 6.42 Å². The monoisotopic (exact) mass is 316 g/mol. The first kappa shape index (κ1) is 12.2. The molecular formula is C15H13BrN2O. The topological polar surface area (TPSA) is 26.5 Å². The van der Waals surface area contributed by atoms with Crippen molar-refractivity contribution in [2.24, 2.45) is 0 Å². The summed E-state index contributed by atoms with van der Waals surface area (Å²) in [5.74, 6) is 0.877. The Bertz CT molecular complexity index is 721. The smallest absolute Gasteiger partial charge is 0.151 e. The highest BCUT2D eigenvalue weighted by Crippen LogP contribution is 2.20. The van der Waals surface area contributed by atoms with E-state index in [0.717, 1.165) is 28.0 Å². The second-order valence-electron chi connectivity index (χ2n) is 4.35. The van der Waals surface area contributed by atoms with Crippen LogP contribution < -0.4 is 4.74 Å². The molecule has 0 bridgehead atoms. The number of benzene rings is 1. The van der Waals surface area contributed by atoms with Crippen LogP contribution in [-0.4, -0.2) is 16.5 Å². The molecule has 0 N–H and O–H groups in total. The normalized spacial score (nSPS) is 10.8. The summed E-state index contributed by atoms with van der Waals surface area (Å²) < 4.78 is 8.27. The Morgan fingerprint density at radius 1 is 1.26 bits per heavy atom. The van der Waals surface area contributed by atoms with Gasteiger partial charge in [0, 0.05) is 18.8 Å². The van der Waals surface area contributed by atoms with E-state index in [2.05, 4.69) is 33.2 Å². The van der Waals surface area contributed by atoms with E-state index < -0.39 is 0 Å². The molecule has 0 spiro atoms. The fourth-order valence-electron chi connectivity index (χ4n) is 2.11. The van der Waals surface area contributed by atoms with Gasteiger partial charge >= 0.3 is 0 Å². The summed E-state index contributed by atoms with van der Waals surface area (Å²) in [5, 5.41) is 0. The molecule has 2 aromatic heterocycles. The molecular weight excluding hydrogens is 304 g/mol. The first-order chi connectivity index (χ1) is 9.26. The van der Waals surface area contributed by atoms with Gasteiger partial charge in [0.05, 0.1) is 17.3 Å². The van der Waals surface area contributed by atoms with Gasteiger partial charge in [0.15, 0.2) is 5.65 Å². The van der Waals surface area contributed by atoms with Crippen molar-refractivity contribution in [1.82, 2.24) is 9.38 Å². The lowest BCUT2D eigenvalue weighted by Gasteiger charge is -2.02. The highest BCUT2D eigenvalue weighted by Gasteiger charge is 2.05. The molecule has 4 heteroatoms. The van der Waals surface area contributed by atoms with Crippen LogP contribution >= 0.6 is 15.9 Å². The summed E-state index contributed by atoms with van der Waals surface area (Å²) in [4.78, 5) is 4.64. The third-order valence-corrected chi connectivity index (χ3v) is 3.62. The SMILES string of the molecule is COc1cccc(Cc2cn3cccc(Br)c3n2)c1. The second kappa shape index (κ2) is 5.05. The molecule has 3 aromatic rings. The zero-order chi connectivity index (χ0) is 13.2. The number of nitrogens with zero attached hydrogens (tertiary/aromatic N) is 2. The van der Waals surface area contributed by atoms with Crippen LogP contribution in [0.5, 0.6) is 5.75 Å². The molecule has 0 amide bonds. The summed E-state index contributed by atoms with van der Waals surface area (Å²) in [7, 11) is 1.68. The van der Waals surface area contributed by atoms with Crippen molar-refractivity contribution in [1.29, 1.82) is 0 Å². The van der Waals surface area contributed by atoms with E-state index in [0.29, 0.717) is 0 Å². The lowest BCUT2D eigenvalue weighted by Crippen LogP contribution is -1.89. The van der Waals surface area contributed by atoms with Gasteiger partial charge in [-0.05, 0) is 45.8 Å². The predicted octanol–water partition coefficient (Wildman–Crippen LogP) is 3.70. The van der Waals surface area contributed by atoms with Crippen LogP contribution in [0, 0.1) is 0 Å². The molecule has 3 rings (SSSR count). The minimum atomic E-state index is 0.797. The Morgan fingerprint density at radius 3 is 2.95 bits per heavy atom. The fourth-order valence-corrected chi connectivity index (χ4v) is 2.55. The van der Waals surface area contributed by atoms with Gasteiger partial charge in [0.2, 0.25) is 0 Å². The largest absolute Gasteiger partial charge is 0.497 e. The van der Waals surface area contributed by atoms with Crippen molar-refractivity contribution in [3.05, 3.63) is 64.5 Å². The Morgan fingerprint density at radius 2 is 2.16 bits per heavy atom. The first-order valence-corrected chi connectivity index (χ1v) is 6.80. The zero-order valence-corrected chi connectivity index (χ0v) is 12.1. The lowest BCUT2D eigenvalue weighted by molar-refractivity contribution is 0.414. The van der Waals surface area contributed by atoms with Crippen LogP contribution in [0.3, 0.4) is 0 Å². The molecule has 96 valence electrons. The van der Waals surface area contributed by atoms with Crippen LogP contribution in [0.15, 0.2) is 53.3 Å². The number of aromatic nitrogens is 2. The van der Waals surface area contributed by atoms with E-state index in [9.17, 15) is 0 Å². The van der Waals surface area contributed by atoms with Gasteiger partial charge in [-0.25, -0.2) is 4.98 Å². The predicted molar refractivity (Wildman–Crippen MR) is 78.7 cm³/mol. The number of halogens is 1. The Balaban J connectivity index is 1.94. The van der Waals surface area contributed by atoms with Crippen molar-refractivity contribution >= 4 is 21.6 Å². The number of hydrogen-bond donors (Lipinski definition) is 0. The van der Waals surface area contributed by atoms with E-state index in [1.165, 1.54) is 5.56 Å². The number of pyridine rings is 1. The molecule has 3 nitrogen and oxygen atoms in total. The Hall–Kier alpha value is -1.81. The Kier molecular flexibility index (Phi) is 3.25. The number of imidazole rings is 1. The molecule has 0 fully saturated rings. The van der Waals surface area contributed by atoms with Crippen molar-refractivity contribution < 1.29 is 4.74 Å². The molecule has 0 unspecified atom stereocenters. The molecule has 0 saturated heterocycles. The van der Waals surface area contributed by atoms with Gasteiger partial charge in [-0.2, -0.15) is 0 Å². The maximum absolute atomic E-state index is 5.24. The first-order valence-electron chi connectivity index (χ1n) is 6.01. The number of fused-ring (bicyclic) bond motifs is 1. The minimum absolute atomic E-state index is 0.797. The summed E-state index contributed by atoms with van der Waals surface area (Å²) >= 11 is 3.52. The summed E-state index contributed by atoms with van der Waals surface area (Å²) in [5.41, 5.74) is 3.18. The summed E-state index contributed by atoms with van der Waals surface area (Å²) in [6.07, 6.45) is 4.85. The number of methoxy groups -OCH3 is 1. The molecule has 0 saturated carbocycles. The molecule has 0 aliphatic rings. The van der Waals surface area contributed by atoms with Crippen molar-refractivity contribution in [3.63, 3.8) is 0 Å². The molecule has 0 atom stereocenters. The number of rotatable bonds is 3. The molecule has 0 aliphatic heterocycles. The van der Waals surface area contributed by atoms with E-state index in [1.807, 2.05) is 40.9 Å². The van der Waals surface area contributed by atoms with Gasteiger partial charge in [-0.1, -0.05) is 12.1 Å². The highest BCUT2D eigenvalue weighted by molar-refractivity contribution is 9.10. The molecule has 0 radical (unpaired) electrons. The maximum atomic E-state index is 5.24. The fraction of sp³-hybridized carbons (Fsp3) is 0.133. The van der Waals surface area contributed by atoms with Crippen molar-refractivity contribution in [2.75, 3.05) is 7.11 Å². The van der Waals surface area contributed by atoms with Crippen LogP contribution in [0.1, 0.15) is 11.3 Å². The van der Waals surface area contributed by atoms with Crippen LogP contribution in [0.4, 0.5) is 0 Å². The van der Waals surface area contributed by atoms with E-state index in [4.69, 9.17) is 4.74 Å². The average Bonchev–Trinajstić information content (AvgIpc) is 2.83. The number of ether oxygens (including phenoxy) is 1. The molecule has 19 heavy (non-hydrogen) atoms. The third kappa shape index (κ3) is 2.49. The lowest BCUT2D eigenvalue weighted by atomic mass is 10.1. The van der Waals surface area contributed by atoms with Crippen LogP contribution in [0.2, 0.25) is 0 Å². The quantitative estimate of drug-likeness (QED) is 0.736. The maximum Gasteiger partial charge on any atom is 0.151 e. The number of hydrogen-bond acceptors (Lipinski definition) is 2.